The molecule has 0 atom stereocenters. The maximum Gasteiger partial charge on any atom is 0.128 e. The second kappa shape index (κ2) is 2.95. The quantitative estimate of drug-likeness (QED) is 0.587. The maximum atomic E-state index is 13.2. The molecule has 0 unspecified atom stereocenters. The van der Waals surface area contributed by atoms with Crippen molar-refractivity contribution in [2.45, 2.75) is 26.2 Å². The normalized spacial score (nSPS) is 22.5. The van der Waals surface area contributed by atoms with Crippen LogP contribution in [0.5, 0.6) is 0 Å². The lowest BCUT2D eigenvalue weighted by Crippen LogP contribution is -2.12. The van der Waals surface area contributed by atoms with Gasteiger partial charge in [-0.3, -0.25) is 0 Å². The van der Waals surface area contributed by atoms with Crippen LogP contribution in [0.1, 0.15) is 26.2 Å². The maximum absolute atomic E-state index is 13.2. The van der Waals surface area contributed by atoms with Crippen LogP contribution < -0.4 is 0 Å². The van der Waals surface area contributed by atoms with E-state index in [2.05, 4.69) is 0 Å². The molecule has 2 heteroatoms. The molecule has 0 bridgehead atoms. The third-order valence-corrected chi connectivity index (χ3v) is 2.68. The molecule has 13 heavy (non-hydrogen) atoms. The molecule has 0 aromatic rings. The lowest BCUT2D eigenvalue weighted by molar-refractivity contribution is 0.643. The third-order valence-electron chi connectivity index (χ3n) is 2.68. The number of hydrogen-bond donors (Lipinski definition) is 1. The fraction of sp³-hybridized carbons (Fsp3) is 0.364. The molecule has 0 fully saturated rings. The van der Waals surface area contributed by atoms with Crippen LogP contribution in [0.25, 0.3) is 0 Å². The fourth-order valence-electron chi connectivity index (χ4n) is 1.90. The van der Waals surface area contributed by atoms with Crippen molar-refractivity contribution in [3.8, 4) is 0 Å². The molecular formula is C11H12FN. The minimum Gasteiger partial charge on any atom is -0.300 e. The standard InChI is InChI=1S/C11H12FN/c1-7-8-4-2-3-5-9(8)11(13)6-10(7)12/h5-6,13H,2-4H2,1H3. The molecule has 2 aliphatic rings. The van der Waals surface area contributed by atoms with E-state index >= 15 is 0 Å². The van der Waals surface area contributed by atoms with Gasteiger partial charge in [0.05, 0.1) is 5.71 Å². The first-order valence-electron chi connectivity index (χ1n) is 4.57. The molecule has 2 aliphatic carbocycles. The molecule has 0 radical (unpaired) electrons. The van der Waals surface area contributed by atoms with Gasteiger partial charge in [0, 0.05) is 0 Å². The lowest BCUT2D eigenvalue weighted by atomic mass is 9.83. The van der Waals surface area contributed by atoms with Crippen LogP contribution in [0.3, 0.4) is 0 Å². The average Bonchev–Trinajstić information content (AvgIpc) is 2.15. The number of rotatable bonds is 0. The number of halogens is 1. The molecular weight excluding hydrogens is 165 g/mol. The first-order valence-corrected chi connectivity index (χ1v) is 4.57. The van der Waals surface area contributed by atoms with E-state index in [1.165, 1.54) is 6.08 Å². The van der Waals surface area contributed by atoms with E-state index in [4.69, 9.17) is 5.41 Å². The van der Waals surface area contributed by atoms with Crippen LogP contribution in [-0.4, -0.2) is 5.71 Å². The van der Waals surface area contributed by atoms with Gasteiger partial charge in [0.25, 0.3) is 0 Å². The van der Waals surface area contributed by atoms with Gasteiger partial charge in [-0.1, -0.05) is 6.08 Å². The predicted octanol–water partition coefficient (Wildman–Crippen LogP) is 3.30. The first kappa shape index (κ1) is 8.42. The predicted molar refractivity (Wildman–Crippen MR) is 51.6 cm³/mol. The molecule has 0 aromatic heterocycles. The lowest BCUT2D eigenvalue weighted by Gasteiger charge is -2.22. The minimum absolute atomic E-state index is 0.237. The second-order valence-corrected chi connectivity index (χ2v) is 3.52. The Balaban J connectivity index is 2.55. The summed E-state index contributed by atoms with van der Waals surface area (Å²) in [7, 11) is 0. The SMILES string of the molecule is CC1=C2CCCC=C2C(=N)C=C1F. The van der Waals surface area contributed by atoms with Gasteiger partial charge in [-0.15, -0.1) is 0 Å². The van der Waals surface area contributed by atoms with E-state index in [0.717, 1.165) is 36.0 Å². The van der Waals surface area contributed by atoms with Crippen molar-refractivity contribution < 1.29 is 4.39 Å². The van der Waals surface area contributed by atoms with Crippen molar-refractivity contribution in [2.75, 3.05) is 0 Å². The molecule has 1 N–H and O–H groups in total. The summed E-state index contributed by atoms with van der Waals surface area (Å²) in [5, 5.41) is 7.62. The zero-order valence-electron chi connectivity index (χ0n) is 7.65. The van der Waals surface area contributed by atoms with E-state index in [1.54, 1.807) is 6.92 Å². The highest BCUT2D eigenvalue weighted by molar-refractivity contribution is 6.11. The largest absolute Gasteiger partial charge is 0.300 e. The van der Waals surface area contributed by atoms with Crippen molar-refractivity contribution >= 4 is 5.71 Å². The molecule has 0 spiro atoms. The van der Waals surface area contributed by atoms with Gasteiger partial charge in [0.15, 0.2) is 0 Å². The summed E-state index contributed by atoms with van der Waals surface area (Å²) in [4.78, 5) is 0. The average molecular weight is 177 g/mol. The summed E-state index contributed by atoms with van der Waals surface area (Å²) in [6, 6.07) is 0. The smallest absolute Gasteiger partial charge is 0.128 e. The van der Waals surface area contributed by atoms with Crippen LogP contribution in [0.15, 0.2) is 34.7 Å². The highest BCUT2D eigenvalue weighted by atomic mass is 19.1. The molecule has 0 saturated carbocycles. The molecule has 0 amide bonds. The summed E-state index contributed by atoms with van der Waals surface area (Å²) in [5.74, 6) is -0.237. The summed E-state index contributed by atoms with van der Waals surface area (Å²) < 4.78 is 13.2. The zero-order valence-corrected chi connectivity index (χ0v) is 7.65. The molecule has 68 valence electrons. The van der Waals surface area contributed by atoms with Crippen molar-refractivity contribution in [1.29, 1.82) is 5.41 Å². The number of hydrogen-bond acceptors (Lipinski definition) is 1. The van der Waals surface area contributed by atoms with Crippen molar-refractivity contribution in [1.82, 2.24) is 0 Å². The summed E-state index contributed by atoms with van der Waals surface area (Å²) in [6.07, 6.45) is 6.38. The van der Waals surface area contributed by atoms with E-state index in [9.17, 15) is 4.39 Å². The molecule has 0 aliphatic heterocycles. The van der Waals surface area contributed by atoms with Crippen molar-refractivity contribution in [3.63, 3.8) is 0 Å². The van der Waals surface area contributed by atoms with Gasteiger partial charge < -0.3 is 5.41 Å². The second-order valence-electron chi connectivity index (χ2n) is 3.52. The van der Waals surface area contributed by atoms with Gasteiger partial charge in [-0.25, -0.2) is 4.39 Å². The Kier molecular flexibility index (Phi) is 1.91. The van der Waals surface area contributed by atoms with Crippen LogP contribution in [0, 0.1) is 5.41 Å². The highest BCUT2D eigenvalue weighted by Crippen LogP contribution is 2.34. The topological polar surface area (TPSA) is 23.9 Å². The van der Waals surface area contributed by atoms with Gasteiger partial charge >= 0.3 is 0 Å². The molecule has 1 nitrogen and oxygen atoms in total. The Morgan fingerprint density at radius 2 is 2.23 bits per heavy atom. The number of fused-ring (bicyclic) bond motifs is 1. The first-order chi connectivity index (χ1) is 6.20. The summed E-state index contributed by atoms with van der Waals surface area (Å²) in [5.41, 5.74) is 3.04. The van der Waals surface area contributed by atoms with Gasteiger partial charge in [0.1, 0.15) is 5.83 Å². The summed E-state index contributed by atoms with van der Waals surface area (Å²) >= 11 is 0. The van der Waals surface area contributed by atoms with E-state index in [-0.39, 0.29) is 5.83 Å². The van der Waals surface area contributed by atoms with E-state index in [1.807, 2.05) is 6.08 Å². The molecule has 2 rings (SSSR count). The third kappa shape index (κ3) is 1.26. The minimum atomic E-state index is -0.237. The Morgan fingerprint density at radius 1 is 1.46 bits per heavy atom. The van der Waals surface area contributed by atoms with E-state index < -0.39 is 0 Å². The Bertz CT molecular complexity index is 358. The molecule has 0 aromatic carbocycles. The Hall–Kier alpha value is -1.18. The van der Waals surface area contributed by atoms with Crippen LogP contribution in [-0.2, 0) is 0 Å². The van der Waals surface area contributed by atoms with E-state index in [0.29, 0.717) is 5.71 Å². The zero-order chi connectivity index (χ0) is 9.42. The summed E-state index contributed by atoms with van der Waals surface area (Å²) in [6.45, 7) is 1.80. The number of nitrogens with one attached hydrogen (secondary N) is 1. The number of allylic oxidation sites excluding steroid dienone is 6. The Morgan fingerprint density at radius 3 is 3.00 bits per heavy atom. The van der Waals surface area contributed by atoms with Crippen LogP contribution in [0.4, 0.5) is 4.39 Å². The Labute approximate surface area is 77.2 Å². The van der Waals surface area contributed by atoms with Gasteiger partial charge in [0.2, 0.25) is 0 Å². The fourth-order valence-corrected chi connectivity index (χ4v) is 1.90. The monoisotopic (exact) mass is 177 g/mol. The van der Waals surface area contributed by atoms with Gasteiger partial charge in [-0.05, 0) is 49.0 Å². The van der Waals surface area contributed by atoms with Crippen LogP contribution in [0.2, 0.25) is 0 Å². The van der Waals surface area contributed by atoms with Crippen LogP contribution >= 0.6 is 0 Å². The molecule has 0 saturated heterocycles. The van der Waals surface area contributed by atoms with Crippen molar-refractivity contribution in [2.24, 2.45) is 0 Å². The highest BCUT2D eigenvalue weighted by Gasteiger charge is 2.21. The van der Waals surface area contributed by atoms with Gasteiger partial charge in [-0.2, -0.15) is 0 Å². The van der Waals surface area contributed by atoms with Crippen molar-refractivity contribution in [3.05, 3.63) is 34.7 Å². The molecule has 0 heterocycles.